The number of carbonyl (C=O) groups is 1. The van der Waals surface area contributed by atoms with Crippen LogP contribution in [0.25, 0.3) is 10.9 Å². The molecule has 0 aliphatic carbocycles. The Labute approximate surface area is 134 Å². The molecule has 0 bridgehead atoms. The van der Waals surface area contributed by atoms with E-state index in [4.69, 9.17) is 5.73 Å². The summed E-state index contributed by atoms with van der Waals surface area (Å²) >= 11 is 0. The minimum Gasteiger partial charge on any atom is -0.369 e. The van der Waals surface area contributed by atoms with Crippen molar-refractivity contribution in [2.24, 2.45) is 5.73 Å². The van der Waals surface area contributed by atoms with E-state index in [1.165, 1.54) is 5.56 Å². The SMILES string of the molecule is NC(=O)Cc1nc(NCCc2ccccc2)c2ccccc2n1. The van der Waals surface area contributed by atoms with Crippen LogP contribution in [0.15, 0.2) is 54.6 Å². The van der Waals surface area contributed by atoms with Gasteiger partial charge in [0.25, 0.3) is 0 Å². The Morgan fingerprint density at radius 1 is 1.00 bits per heavy atom. The van der Waals surface area contributed by atoms with Gasteiger partial charge in [-0.1, -0.05) is 42.5 Å². The topological polar surface area (TPSA) is 80.9 Å². The van der Waals surface area contributed by atoms with Gasteiger partial charge in [-0.05, 0) is 24.1 Å². The van der Waals surface area contributed by atoms with Gasteiger partial charge in [0.15, 0.2) is 0 Å². The van der Waals surface area contributed by atoms with Crippen LogP contribution in [-0.2, 0) is 17.6 Å². The predicted molar refractivity (Wildman–Crippen MR) is 91.1 cm³/mol. The summed E-state index contributed by atoms with van der Waals surface area (Å²) in [6.45, 7) is 0.751. The number of anilines is 1. The molecule has 0 radical (unpaired) electrons. The Hall–Kier alpha value is -2.95. The Morgan fingerprint density at radius 3 is 2.52 bits per heavy atom. The van der Waals surface area contributed by atoms with E-state index >= 15 is 0 Å². The van der Waals surface area contributed by atoms with Crippen molar-refractivity contribution in [3.63, 3.8) is 0 Å². The molecule has 3 N–H and O–H groups in total. The number of para-hydroxylation sites is 1. The highest BCUT2D eigenvalue weighted by molar-refractivity contribution is 5.89. The van der Waals surface area contributed by atoms with Crippen molar-refractivity contribution in [2.45, 2.75) is 12.8 Å². The summed E-state index contributed by atoms with van der Waals surface area (Å²) in [6, 6.07) is 18.0. The normalized spacial score (nSPS) is 10.6. The highest BCUT2D eigenvalue weighted by Gasteiger charge is 2.09. The standard InChI is InChI=1S/C18H18N4O/c19-16(23)12-17-21-15-9-5-4-8-14(15)18(22-17)20-11-10-13-6-2-1-3-7-13/h1-9H,10-12H2,(H2,19,23)(H,20,21,22). The number of benzene rings is 2. The zero-order valence-electron chi connectivity index (χ0n) is 12.7. The van der Waals surface area contributed by atoms with Crippen LogP contribution < -0.4 is 11.1 Å². The predicted octanol–water partition coefficient (Wildman–Crippen LogP) is 2.31. The van der Waals surface area contributed by atoms with Gasteiger partial charge in [0.1, 0.15) is 11.6 Å². The molecule has 0 fully saturated rings. The molecule has 3 aromatic rings. The van der Waals surface area contributed by atoms with Crippen molar-refractivity contribution >= 4 is 22.6 Å². The molecule has 1 heterocycles. The minimum atomic E-state index is -0.435. The molecular weight excluding hydrogens is 288 g/mol. The lowest BCUT2D eigenvalue weighted by atomic mass is 10.1. The van der Waals surface area contributed by atoms with Crippen molar-refractivity contribution < 1.29 is 4.79 Å². The summed E-state index contributed by atoms with van der Waals surface area (Å²) in [5.41, 5.74) is 7.32. The third kappa shape index (κ3) is 3.83. The fourth-order valence-corrected chi connectivity index (χ4v) is 2.46. The molecule has 23 heavy (non-hydrogen) atoms. The van der Waals surface area contributed by atoms with E-state index in [1.54, 1.807) is 0 Å². The molecule has 0 aliphatic heterocycles. The average Bonchev–Trinajstić information content (AvgIpc) is 2.55. The number of amides is 1. The molecule has 0 unspecified atom stereocenters. The molecule has 5 nitrogen and oxygen atoms in total. The zero-order valence-corrected chi connectivity index (χ0v) is 12.7. The minimum absolute atomic E-state index is 0.0399. The van der Waals surface area contributed by atoms with Crippen molar-refractivity contribution in [1.82, 2.24) is 9.97 Å². The van der Waals surface area contributed by atoms with Crippen LogP contribution in [0.5, 0.6) is 0 Å². The number of aromatic nitrogens is 2. The van der Waals surface area contributed by atoms with Gasteiger partial charge in [0, 0.05) is 11.9 Å². The van der Waals surface area contributed by atoms with Crippen LogP contribution in [0.2, 0.25) is 0 Å². The maximum absolute atomic E-state index is 11.1. The molecule has 5 heteroatoms. The van der Waals surface area contributed by atoms with Gasteiger partial charge in [-0.25, -0.2) is 9.97 Å². The zero-order chi connectivity index (χ0) is 16.1. The smallest absolute Gasteiger partial charge is 0.225 e. The molecule has 0 atom stereocenters. The van der Waals surface area contributed by atoms with Crippen LogP contribution in [-0.4, -0.2) is 22.4 Å². The summed E-state index contributed by atoms with van der Waals surface area (Å²) in [5.74, 6) is 0.747. The number of nitrogens with zero attached hydrogens (tertiary/aromatic N) is 2. The molecule has 116 valence electrons. The number of nitrogens with one attached hydrogen (secondary N) is 1. The Kier molecular flexibility index (Phi) is 4.47. The second kappa shape index (κ2) is 6.87. The van der Waals surface area contributed by atoms with Gasteiger partial charge in [0.05, 0.1) is 11.9 Å². The third-order valence-electron chi connectivity index (χ3n) is 3.53. The van der Waals surface area contributed by atoms with E-state index < -0.39 is 5.91 Å². The molecule has 0 saturated carbocycles. The van der Waals surface area contributed by atoms with E-state index in [1.807, 2.05) is 42.5 Å². The van der Waals surface area contributed by atoms with Crippen molar-refractivity contribution in [3.05, 3.63) is 66.0 Å². The Bertz CT molecular complexity index is 818. The summed E-state index contributed by atoms with van der Waals surface area (Å²) in [5, 5.41) is 4.29. The van der Waals surface area contributed by atoms with Crippen molar-refractivity contribution in [2.75, 3.05) is 11.9 Å². The molecule has 1 amide bonds. The summed E-state index contributed by atoms with van der Waals surface area (Å²) < 4.78 is 0. The maximum Gasteiger partial charge on any atom is 0.225 e. The summed E-state index contributed by atoms with van der Waals surface area (Å²) in [4.78, 5) is 20.0. The summed E-state index contributed by atoms with van der Waals surface area (Å²) in [6.07, 6.45) is 0.933. The molecular formula is C18H18N4O. The second-order valence-corrected chi connectivity index (χ2v) is 5.31. The van der Waals surface area contributed by atoms with Gasteiger partial charge in [-0.3, -0.25) is 4.79 Å². The highest BCUT2D eigenvalue weighted by Crippen LogP contribution is 2.20. The molecule has 2 aromatic carbocycles. The van der Waals surface area contributed by atoms with E-state index in [2.05, 4.69) is 27.4 Å². The number of carbonyl (C=O) groups excluding carboxylic acids is 1. The van der Waals surface area contributed by atoms with Crippen molar-refractivity contribution in [1.29, 1.82) is 0 Å². The van der Waals surface area contributed by atoms with Gasteiger partial charge in [-0.15, -0.1) is 0 Å². The van der Waals surface area contributed by atoms with Crippen LogP contribution in [0.4, 0.5) is 5.82 Å². The fourth-order valence-electron chi connectivity index (χ4n) is 2.46. The average molecular weight is 306 g/mol. The molecule has 0 saturated heterocycles. The van der Waals surface area contributed by atoms with Crippen LogP contribution in [0.1, 0.15) is 11.4 Å². The van der Waals surface area contributed by atoms with Gasteiger partial charge in [-0.2, -0.15) is 0 Å². The molecule has 0 spiro atoms. The van der Waals surface area contributed by atoms with Crippen LogP contribution >= 0.6 is 0 Å². The quantitative estimate of drug-likeness (QED) is 0.732. The molecule has 0 aliphatic rings. The van der Waals surface area contributed by atoms with Crippen LogP contribution in [0.3, 0.4) is 0 Å². The largest absolute Gasteiger partial charge is 0.369 e. The number of fused-ring (bicyclic) bond motifs is 1. The Morgan fingerprint density at radius 2 is 1.74 bits per heavy atom. The van der Waals surface area contributed by atoms with Gasteiger partial charge in [0.2, 0.25) is 5.91 Å². The first-order chi connectivity index (χ1) is 11.2. The van der Waals surface area contributed by atoms with E-state index in [9.17, 15) is 4.79 Å². The number of primary amides is 1. The lowest BCUT2D eigenvalue weighted by Gasteiger charge is -2.10. The van der Waals surface area contributed by atoms with E-state index in [0.29, 0.717) is 5.82 Å². The van der Waals surface area contributed by atoms with Crippen molar-refractivity contribution in [3.8, 4) is 0 Å². The lowest BCUT2D eigenvalue weighted by molar-refractivity contribution is -0.117. The third-order valence-corrected chi connectivity index (χ3v) is 3.53. The molecule has 1 aromatic heterocycles. The number of rotatable bonds is 6. The number of hydrogen-bond acceptors (Lipinski definition) is 4. The number of nitrogens with two attached hydrogens (primary N) is 1. The number of hydrogen-bond donors (Lipinski definition) is 2. The van der Waals surface area contributed by atoms with Gasteiger partial charge < -0.3 is 11.1 Å². The monoisotopic (exact) mass is 306 g/mol. The van der Waals surface area contributed by atoms with E-state index in [-0.39, 0.29) is 6.42 Å². The second-order valence-electron chi connectivity index (χ2n) is 5.31. The summed E-state index contributed by atoms with van der Waals surface area (Å²) in [7, 11) is 0. The van der Waals surface area contributed by atoms with Gasteiger partial charge >= 0.3 is 0 Å². The highest BCUT2D eigenvalue weighted by atomic mass is 16.1. The Balaban J connectivity index is 1.81. The van der Waals surface area contributed by atoms with Crippen LogP contribution in [0, 0.1) is 0 Å². The maximum atomic E-state index is 11.1. The molecule has 3 rings (SSSR count). The first-order valence-corrected chi connectivity index (χ1v) is 7.54. The lowest BCUT2D eigenvalue weighted by Crippen LogP contribution is -2.17. The van der Waals surface area contributed by atoms with E-state index in [0.717, 1.165) is 29.7 Å². The first kappa shape index (κ1) is 15.0. The fraction of sp³-hybridized carbons (Fsp3) is 0.167. The first-order valence-electron chi connectivity index (χ1n) is 7.54.